The van der Waals surface area contributed by atoms with Crippen molar-refractivity contribution >= 4 is 23.8 Å². The lowest BCUT2D eigenvalue weighted by Crippen LogP contribution is -2.22. The third-order valence-electron chi connectivity index (χ3n) is 9.90. The van der Waals surface area contributed by atoms with Crippen LogP contribution >= 0.6 is 0 Å². The number of esters is 1. The second-order valence-corrected chi connectivity index (χ2v) is 13.6. The molecule has 10 nitrogen and oxygen atoms in total. The fourth-order valence-electron chi connectivity index (χ4n) is 7.15. The van der Waals surface area contributed by atoms with Crippen molar-refractivity contribution in [1.82, 2.24) is 10.3 Å². The summed E-state index contributed by atoms with van der Waals surface area (Å²) in [5.41, 5.74) is 5.92. The number of pyridine rings is 1. The number of nitrogens with zero attached hydrogens (tertiary/aromatic N) is 2. The Labute approximate surface area is 306 Å². The molecule has 0 spiro atoms. The minimum Gasteiger partial charge on any atom is -0.508 e. The van der Waals surface area contributed by atoms with Gasteiger partial charge in [0.1, 0.15) is 23.5 Å². The number of aliphatic imine (C=N–C) groups is 1. The SMILES string of the molecule is CC[C@@H]1CC[C@@H](OC(C)=O)CC(=O)C[C@@H](c2cc(CNC)c(O)c(OC)c2)C#CCNc2cc(ccn2)[C@H](c2cccc(O)c2)CC2=C(C=NC2)C1. The first-order valence-corrected chi connectivity index (χ1v) is 18.1. The molecule has 2 aliphatic heterocycles. The van der Waals surface area contributed by atoms with Crippen LogP contribution in [-0.2, 0) is 20.9 Å². The van der Waals surface area contributed by atoms with Crippen LogP contribution < -0.4 is 15.4 Å². The quantitative estimate of drug-likeness (QED) is 0.154. The van der Waals surface area contributed by atoms with Crippen LogP contribution in [0, 0.1) is 17.8 Å². The Bertz CT molecular complexity index is 1860. The Morgan fingerprint density at radius 3 is 2.62 bits per heavy atom. The Balaban J connectivity index is 1.54. The summed E-state index contributed by atoms with van der Waals surface area (Å²) in [5.74, 6) is 7.01. The minimum absolute atomic E-state index is 0.0376. The molecule has 0 radical (unpaired) electrons. The van der Waals surface area contributed by atoms with Crippen molar-refractivity contribution in [2.24, 2.45) is 10.9 Å². The largest absolute Gasteiger partial charge is 0.508 e. The predicted octanol–water partition coefficient (Wildman–Crippen LogP) is 6.81. The number of Topliss-reactive ketones (excluding diaryl/α,β-unsaturated/α-hetero) is 1. The molecule has 3 aromatic rings. The molecule has 0 unspecified atom stereocenters. The van der Waals surface area contributed by atoms with Crippen molar-refractivity contribution in [3.8, 4) is 29.1 Å². The fourth-order valence-corrected chi connectivity index (χ4v) is 7.15. The average Bonchev–Trinajstić information content (AvgIpc) is 3.56. The van der Waals surface area contributed by atoms with E-state index in [4.69, 9.17) is 9.47 Å². The molecule has 0 fully saturated rings. The van der Waals surface area contributed by atoms with Crippen molar-refractivity contribution in [3.05, 3.63) is 88.1 Å². The minimum atomic E-state index is -0.550. The first-order chi connectivity index (χ1) is 25.2. The molecule has 52 heavy (non-hydrogen) atoms. The van der Waals surface area contributed by atoms with Crippen LogP contribution in [0.4, 0.5) is 5.82 Å². The normalized spacial score (nSPS) is 21.3. The summed E-state index contributed by atoms with van der Waals surface area (Å²) in [4.78, 5) is 35.2. The van der Waals surface area contributed by atoms with E-state index in [9.17, 15) is 19.8 Å². The lowest BCUT2D eigenvalue weighted by Gasteiger charge is -2.23. The van der Waals surface area contributed by atoms with E-state index in [0.29, 0.717) is 42.6 Å². The van der Waals surface area contributed by atoms with Gasteiger partial charge < -0.3 is 30.3 Å². The molecule has 4 N–H and O–H groups in total. The number of methoxy groups -OCH3 is 1. The second kappa shape index (κ2) is 18.4. The topological polar surface area (TPSA) is 142 Å². The maximum atomic E-state index is 13.7. The Kier molecular flexibility index (Phi) is 13.5. The zero-order chi connectivity index (χ0) is 37.0. The Morgan fingerprint density at radius 2 is 1.87 bits per heavy atom. The lowest BCUT2D eigenvalue weighted by atomic mass is 9.83. The lowest BCUT2D eigenvalue weighted by molar-refractivity contribution is -0.148. The molecule has 0 saturated carbocycles. The van der Waals surface area contributed by atoms with E-state index in [1.165, 1.54) is 25.2 Å². The number of benzene rings is 2. The molecule has 0 aliphatic carbocycles. The number of allylic oxidation sites excluding steroid dienone is 1. The van der Waals surface area contributed by atoms with Gasteiger partial charge in [-0.25, -0.2) is 4.98 Å². The average molecular weight is 707 g/mol. The summed E-state index contributed by atoms with van der Waals surface area (Å²) in [6.45, 7) is 4.84. The standard InChI is InChI=1S/C42H50N4O6/c1-5-28-11-12-38(52-27(2)47)23-37(49)18-29(32-17-35(24-43-3)42(50)40(21-32)51-4)9-7-14-45-41-22-31(13-15-46-41)39(30-8-6-10-36(48)19-30)20-34-26-44-25-33(34)16-28/h6,8,10,13,15,17,19,21-22,25,28-29,38-39,43,48,50H,5,11-12,14,16,18,20,23-24,26H2,1-4H3,(H,45,46)/t28-,29+,38-,39+/m1/s1. The number of rotatable bonds is 7. The Morgan fingerprint density at radius 1 is 1.04 bits per heavy atom. The maximum Gasteiger partial charge on any atom is 0.302 e. The van der Waals surface area contributed by atoms with Gasteiger partial charge in [0.2, 0.25) is 0 Å². The predicted molar refractivity (Wildman–Crippen MR) is 203 cm³/mol. The molecule has 5 rings (SSSR count). The highest BCUT2D eigenvalue weighted by molar-refractivity contribution is 5.83. The van der Waals surface area contributed by atoms with Crippen LogP contribution in [0.2, 0.25) is 0 Å². The van der Waals surface area contributed by atoms with Gasteiger partial charge in [0.15, 0.2) is 11.5 Å². The van der Waals surface area contributed by atoms with Gasteiger partial charge in [0.25, 0.3) is 0 Å². The van der Waals surface area contributed by atoms with Gasteiger partial charge in [0.05, 0.1) is 26.1 Å². The highest BCUT2D eigenvalue weighted by Gasteiger charge is 2.26. The zero-order valence-electron chi connectivity index (χ0n) is 30.6. The second-order valence-electron chi connectivity index (χ2n) is 13.6. The third-order valence-corrected chi connectivity index (χ3v) is 9.90. The van der Waals surface area contributed by atoms with Crippen molar-refractivity contribution in [3.63, 3.8) is 0 Å². The summed E-state index contributed by atoms with van der Waals surface area (Å²) in [6, 6.07) is 15.0. The number of phenolic OH excluding ortho intramolecular Hbond substituents is 2. The van der Waals surface area contributed by atoms with E-state index >= 15 is 0 Å². The number of nitrogens with one attached hydrogen (secondary N) is 2. The van der Waals surface area contributed by atoms with Crippen molar-refractivity contribution in [2.75, 3.05) is 32.6 Å². The maximum absolute atomic E-state index is 13.7. The van der Waals surface area contributed by atoms with Crippen LogP contribution in [0.15, 0.2) is 70.9 Å². The molecule has 2 aromatic carbocycles. The number of phenols is 2. The molecule has 1 aromatic heterocycles. The van der Waals surface area contributed by atoms with Crippen LogP contribution in [-0.4, -0.2) is 66.5 Å². The number of fused-ring (bicyclic) bond motifs is 2. The molecule has 2 bridgehead atoms. The van der Waals surface area contributed by atoms with Gasteiger partial charge in [-0.15, -0.1) is 0 Å². The summed E-state index contributed by atoms with van der Waals surface area (Å²) >= 11 is 0. The van der Waals surface area contributed by atoms with E-state index in [1.54, 1.807) is 25.4 Å². The molecule has 0 saturated heterocycles. The zero-order valence-corrected chi connectivity index (χ0v) is 30.6. The number of carbonyl (C=O) groups excluding carboxylic acids is 2. The number of ether oxygens (including phenoxy) is 2. The molecular weight excluding hydrogens is 656 g/mol. The number of carbonyl (C=O) groups is 2. The van der Waals surface area contributed by atoms with E-state index in [0.717, 1.165) is 42.4 Å². The van der Waals surface area contributed by atoms with Crippen molar-refractivity contribution < 1.29 is 29.3 Å². The number of ketones is 1. The molecule has 3 heterocycles. The van der Waals surface area contributed by atoms with Crippen LogP contribution in [0.5, 0.6) is 17.2 Å². The van der Waals surface area contributed by atoms with Crippen molar-refractivity contribution in [1.29, 1.82) is 0 Å². The molecule has 274 valence electrons. The van der Waals surface area contributed by atoms with Crippen LogP contribution in [0.25, 0.3) is 0 Å². The molecular formula is C42H50N4O6. The number of hydrogen-bond donors (Lipinski definition) is 4. The van der Waals surface area contributed by atoms with E-state index in [2.05, 4.69) is 39.4 Å². The van der Waals surface area contributed by atoms with Gasteiger partial charge in [-0.3, -0.25) is 14.6 Å². The molecule has 0 amide bonds. The number of anilines is 1. The van der Waals surface area contributed by atoms with Gasteiger partial charge in [-0.1, -0.05) is 37.3 Å². The van der Waals surface area contributed by atoms with Gasteiger partial charge in [-0.05, 0) is 103 Å². The molecule has 2 aliphatic rings. The third kappa shape index (κ3) is 10.2. The van der Waals surface area contributed by atoms with Crippen LogP contribution in [0.3, 0.4) is 0 Å². The number of aromatic nitrogens is 1. The monoisotopic (exact) mass is 706 g/mol. The van der Waals surface area contributed by atoms with Gasteiger partial charge >= 0.3 is 5.97 Å². The van der Waals surface area contributed by atoms with Crippen molar-refractivity contribution in [2.45, 2.75) is 83.3 Å². The molecule has 4 atom stereocenters. The first kappa shape index (κ1) is 38.1. The highest BCUT2D eigenvalue weighted by Crippen LogP contribution is 2.38. The number of aromatic hydroxyl groups is 2. The van der Waals surface area contributed by atoms with Gasteiger partial charge in [0, 0.05) is 50.2 Å². The van der Waals surface area contributed by atoms with Gasteiger partial charge in [-0.2, -0.15) is 0 Å². The van der Waals surface area contributed by atoms with E-state index < -0.39 is 18.0 Å². The Hall–Kier alpha value is -5.14. The summed E-state index contributed by atoms with van der Waals surface area (Å²) < 4.78 is 11.2. The number of hydrogen-bond acceptors (Lipinski definition) is 10. The van der Waals surface area contributed by atoms with Crippen LogP contribution in [0.1, 0.15) is 92.9 Å². The van der Waals surface area contributed by atoms with E-state index in [-0.39, 0.29) is 42.6 Å². The summed E-state index contributed by atoms with van der Waals surface area (Å²) in [6.07, 6.45) is 7.26. The first-order valence-electron chi connectivity index (χ1n) is 18.1. The highest BCUT2D eigenvalue weighted by atomic mass is 16.5. The smallest absolute Gasteiger partial charge is 0.302 e. The van der Waals surface area contributed by atoms with E-state index in [1.807, 2.05) is 42.6 Å². The molecule has 10 heteroatoms. The fraction of sp³-hybridized carbons (Fsp3) is 0.429. The summed E-state index contributed by atoms with van der Waals surface area (Å²) in [7, 11) is 3.28. The summed E-state index contributed by atoms with van der Waals surface area (Å²) in [5, 5.41) is 27.6.